The fourth-order valence-electron chi connectivity index (χ4n) is 3.37. The van der Waals surface area contributed by atoms with Crippen molar-refractivity contribution in [1.29, 1.82) is 0 Å². The number of benzene rings is 2. The van der Waals surface area contributed by atoms with Crippen molar-refractivity contribution in [2.24, 2.45) is 0 Å². The highest BCUT2D eigenvalue weighted by Crippen LogP contribution is 2.31. The van der Waals surface area contributed by atoms with Gasteiger partial charge >= 0.3 is 0 Å². The van der Waals surface area contributed by atoms with E-state index in [0.29, 0.717) is 0 Å². The molecule has 0 unspecified atom stereocenters. The number of rotatable bonds is 9. The Morgan fingerprint density at radius 1 is 0.885 bits per heavy atom. The van der Waals surface area contributed by atoms with Crippen LogP contribution in [0.3, 0.4) is 0 Å². The van der Waals surface area contributed by atoms with Gasteiger partial charge < -0.3 is 9.47 Å². The van der Waals surface area contributed by atoms with Crippen LogP contribution in [0.5, 0.6) is 5.75 Å². The molecule has 0 amide bonds. The highest BCUT2D eigenvalue weighted by molar-refractivity contribution is 14.1. The predicted molar refractivity (Wildman–Crippen MR) is 118 cm³/mol. The summed E-state index contributed by atoms with van der Waals surface area (Å²) in [6.45, 7) is 1.64. The first kappa shape index (κ1) is 19.4. The Kier molecular flexibility index (Phi) is 8.02. The van der Waals surface area contributed by atoms with Crippen LogP contribution in [0.2, 0.25) is 0 Å². The number of ether oxygens (including phenoxy) is 2. The Hall–Kier alpha value is -1.33. The molecule has 0 bridgehead atoms. The maximum atomic E-state index is 5.97. The fourth-order valence-corrected chi connectivity index (χ4v) is 3.68. The van der Waals surface area contributed by atoms with Gasteiger partial charge in [0.25, 0.3) is 0 Å². The van der Waals surface area contributed by atoms with Crippen LogP contribution < -0.4 is 4.74 Å². The maximum Gasteiger partial charge on any atom is 0.119 e. The summed E-state index contributed by atoms with van der Waals surface area (Å²) in [4.78, 5) is 0. The smallest absolute Gasteiger partial charge is 0.119 e. The van der Waals surface area contributed by atoms with Gasteiger partial charge in [-0.25, -0.2) is 0 Å². The molecule has 1 aliphatic rings. The summed E-state index contributed by atoms with van der Waals surface area (Å²) in [5.74, 6) is 1.00. The minimum absolute atomic E-state index is 0.782. The van der Waals surface area contributed by atoms with Crippen LogP contribution in [0, 0.1) is 0 Å². The monoisotopic (exact) mass is 462 g/mol. The fraction of sp³-hybridized carbons (Fsp3) is 0.391. The summed E-state index contributed by atoms with van der Waals surface area (Å²) < 4.78 is 12.1. The van der Waals surface area contributed by atoms with Crippen LogP contribution in [-0.2, 0) is 11.2 Å². The van der Waals surface area contributed by atoms with Crippen LogP contribution in [0.25, 0.3) is 11.6 Å². The van der Waals surface area contributed by atoms with Crippen molar-refractivity contribution in [3.8, 4) is 5.75 Å². The van der Waals surface area contributed by atoms with E-state index in [1.807, 2.05) is 0 Å². The lowest BCUT2D eigenvalue weighted by molar-refractivity contribution is 0.182. The molecule has 0 saturated carbocycles. The van der Waals surface area contributed by atoms with Crippen LogP contribution in [0.15, 0.2) is 48.5 Å². The van der Waals surface area contributed by atoms with E-state index in [2.05, 4.69) is 77.2 Å². The Morgan fingerprint density at radius 3 is 2.58 bits per heavy atom. The number of alkyl halides is 1. The number of hydrogen-bond donors (Lipinski definition) is 0. The van der Waals surface area contributed by atoms with E-state index in [-0.39, 0.29) is 0 Å². The summed E-state index contributed by atoms with van der Waals surface area (Å²) in [5.41, 5.74) is 5.52. The summed E-state index contributed by atoms with van der Waals surface area (Å²) in [6, 6.07) is 17.3. The van der Waals surface area contributed by atoms with E-state index in [1.165, 1.54) is 28.7 Å². The standard InChI is InChI=1S/C23H27IO2/c24-18-25-14-5-2-6-15-26-23-13-12-22-16-20(10-7-11-21(22)17-23)19-8-3-1-4-9-19/h1,3-4,8-9,12-13,16-17H,2,5-7,10-11,14-15,18H2. The maximum absolute atomic E-state index is 5.97. The molecule has 1 aliphatic carbocycles. The van der Waals surface area contributed by atoms with Crippen molar-refractivity contribution in [1.82, 2.24) is 0 Å². The normalized spacial score (nSPS) is 13.7. The summed E-state index contributed by atoms with van der Waals surface area (Å²) in [6.07, 6.45) is 9.15. The second-order valence-corrected chi connectivity index (χ2v) is 7.30. The first-order valence-corrected chi connectivity index (χ1v) is 11.0. The molecule has 0 aliphatic heterocycles. The zero-order valence-corrected chi connectivity index (χ0v) is 17.4. The van der Waals surface area contributed by atoms with Gasteiger partial charge in [0.05, 0.1) is 11.2 Å². The molecule has 0 radical (unpaired) electrons. The minimum atomic E-state index is 0.782. The minimum Gasteiger partial charge on any atom is -0.494 e. The lowest BCUT2D eigenvalue weighted by Gasteiger charge is -2.10. The molecule has 0 heterocycles. The third kappa shape index (κ3) is 5.85. The van der Waals surface area contributed by atoms with Gasteiger partial charge in [0.2, 0.25) is 0 Å². The molecule has 3 heteroatoms. The Bertz CT molecular complexity index is 709. The van der Waals surface area contributed by atoms with Gasteiger partial charge in [-0.05, 0) is 72.9 Å². The molecular formula is C23H27IO2. The van der Waals surface area contributed by atoms with Crippen LogP contribution in [-0.4, -0.2) is 17.8 Å². The number of unbranched alkanes of at least 4 members (excludes halogenated alkanes) is 2. The third-order valence-corrected chi connectivity index (χ3v) is 5.20. The Balaban J connectivity index is 1.57. The Morgan fingerprint density at radius 2 is 1.73 bits per heavy atom. The summed E-state index contributed by atoms with van der Waals surface area (Å²) in [7, 11) is 0. The van der Waals surface area contributed by atoms with Crippen molar-refractivity contribution in [3.05, 3.63) is 65.2 Å². The molecule has 2 nitrogen and oxygen atoms in total. The first-order valence-electron chi connectivity index (χ1n) is 9.52. The molecule has 0 saturated heterocycles. The quantitative estimate of drug-likeness (QED) is 0.240. The van der Waals surface area contributed by atoms with Gasteiger partial charge in [0, 0.05) is 6.61 Å². The van der Waals surface area contributed by atoms with Gasteiger partial charge in [-0.2, -0.15) is 0 Å². The first-order chi connectivity index (χ1) is 12.9. The van der Waals surface area contributed by atoms with Crippen molar-refractivity contribution in [2.45, 2.75) is 38.5 Å². The van der Waals surface area contributed by atoms with Gasteiger partial charge in [0.15, 0.2) is 0 Å². The molecular weight excluding hydrogens is 435 g/mol. The van der Waals surface area contributed by atoms with Crippen molar-refractivity contribution >= 4 is 34.2 Å². The molecule has 26 heavy (non-hydrogen) atoms. The van der Waals surface area contributed by atoms with E-state index in [4.69, 9.17) is 9.47 Å². The van der Waals surface area contributed by atoms with Gasteiger partial charge in [-0.15, -0.1) is 0 Å². The topological polar surface area (TPSA) is 18.5 Å². The third-order valence-electron chi connectivity index (χ3n) is 4.76. The van der Waals surface area contributed by atoms with Gasteiger partial charge in [0.1, 0.15) is 5.75 Å². The van der Waals surface area contributed by atoms with Crippen molar-refractivity contribution in [2.75, 3.05) is 17.8 Å². The number of halogens is 1. The predicted octanol–water partition coefficient (Wildman–Crippen LogP) is 6.52. The van der Waals surface area contributed by atoms with Gasteiger partial charge in [-0.3, -0.25) is 0 Å². The highest BCUT2D eigenvalue weighted by Gasteiger charge is 2.11. The molecule has 0 fully saturated rings. The van der Waals surface area contributed by atoms with Crippen LogP contribution in [0.4, 0.5) is 0 Å². The lowest BCUT2D eigenvalue weighted by Crippen LogP contribution is -2.00. The molecule has 3 rings (SSSR count). The molecule has 0 aromatic heterocycles. The molecule has 0 spiro atoms. The van der Waals surface area contributed by atoms with Crippen molar-refractivity contribution in [3.63, 3.8) is 0 Å². The Labute approximate surface area is 170 Å². The van der Waals surface area contributed by atoms with E-state index < -0.39 is 0 Å². The zero-order chi connectivity index (χ0) is 18.0. The molecule has 0 atom stereocenters. The summed E-state index contributed by atoms with van der Waals surface area (Å²) in [5, 5.41) is 0. The van der Waals surface area contributed by atoms with Gasteiger partial charge in [-0.1, -0.05) is 65.1 Å². The summed E-state index contributed by atoms with van der Waals surface area (Å²) >= 11 is 2.24. The number of aryl methyl sites for hydroxylation is 1. The highest BCUT2D eigenvalue weighted by atomic mass is 127. The number of hydrogen-bond acceptors (Lipinski definition) is 2. The lowest BCUT2D eigenvalue weighted by atomic mass is 10.0. The average molecular weight is 462 g/mol. The average Bonchev–Trinajstić information content (AvgIpc) is 2.90. The molecule has 2 aromatic carbocycles. The zero-order valence-electron chi connectivity index (χ0n) is 15.3. The molecule has 138 valence electrons. The van der Waals surface area contributed by atoms with E-state index in [9.17, 15) is 0 Å². The largest absolute Gasteiger partial charge is 0.494 e. The van der Waals surface area contributed by atoms with E-state index in [0.717, 1.165) is 55.7 Å². The SMILES string of the molecule is ICOCCCCCOc1ccc2c(c1)CCCC(c1ccccc1)=C2. The van der Waals surface area contributed by atoms with Crippen molar-refractivity contribution < 1.29 is 9.47 Å². The van der Waals surface area contributed by atoms with Crippen LogP contribution >= 0.6 is 22.6 Å². The second kappa shape index (κ2) is 10.7. The number of fused-ring (bicyclic) bond motifs is 1. The van der Waals surface area contributed by atoms with E-state index in [1.54, 1.807) is 0 Å². The molecule has 0 N–H and O–H groups in total. The number of allylic oxidation sites excluding steroid dienone is 1. The van der Waals surface area contributed by atoms with Crippen LogP contribution in [0.1, 0.15) is 48.8 Å². The molecule has 2 aromatic rings. The second-order valence-electron chi connectivity index (χ2n) is 6.68. The van der Waals surface area contributed by atoms with E-state index >= 15 is 0 Å².